The molecule has 2 aromatic rings. The van der Waals surface area contributed by atoms with Crippen LogP contribution in [0.1, 0.15) is 5.56 Å². The predicted octanol–water partition coefficient (Wildman–Crippen LogP) is 3.49. The zero-order valence-electron chi connectivity index (χ0n) is 11.1. The van der Waals surface area contributed by atoms with Crippen molar-refractivity contribution in [2.75, 3.05) is 12.4 Å². The molecule has 0 radical (unpaired) electrons. The summed E-state index contributed by atoms with van der Waals surface area (Å²) < 4.78 is 31.1. The topological polar surface area (TPSA) is 64.4 Å². The van der Waals surface area contributed by atoms with E-state index < -0.39 is 16.6 Å². The fourth-order valence-electron chi connectivity index (χ4n) is 1.77. The van der Waals surface area contributed by atoms with Crippen LogP contribution in [0.15, 0.2) is 36.4 Å². The molecular weight excluding hydrogens is 282 g/mol. The van der Waals surface area contributed by atoms with Crippen molar-refractivity contribution in [2.24, 2.45) is 0 Å². The second kappa shape index (κ2) is 6.17. The Labute approximate surface area is 119 Å². The van der Waals surface area contributed by atoms with Crippen LogP contribution in [0, 0.1) is 21.7 Å². The van der Waals surface area contributed by atoms with E-state index in [9.17, 15) is 18.9 Å². The summed E-state index contributed by atoms with van der Waals surface area (Å²) in [5, 5.41) is 13.5. The maximum Gasteiger partial charge on any atom is 0.292 e. The van der Waals surface area contributed by atoms with Crippen LogP contribution in [-0.4, -0.2) is 12.0 Å². The van der Waals surface area contributed by atoms with E-state index in [1.807, 2.05) is 0 Å². The van der Waals surface area contributed by atoms with Gasteiger partial charge in [-0.15, -0.1) is 0 Å². The molecule has 0 aromatic heterocycles. The summed E-state index contributed by atoms with van der Waals surface area (Å²) in [5.74, 6) is -1.76. The number of nitrogens with zero attached hydrogens (tertiary/aromatic N) is 1. The van der Waals surface area contributed by atoms with Gasteiger partial charge in [0, 0.05) is 19.2 Å². The Bertz CT molecular complexity index is 677. The van der Waals surface area contributed by atoms with Crippen LogP contribution in [0.4, 0.5) is 20.2 Å². The van der Waals surface area contributed by atoms with Crippen LogP contribution in [0.2, 0.25) is 0 Å². The number of benzene rings is 2. The third-order valence-corrected chi connectivity index (χ3v) is 2.82. The summed E-state index contributed by atoms with van der Waals surface area (Å²) in [5.41, 5.74) is 0.968. The van der Waals surface area contributed by atoms with Crippen LogP contribution in [0.3, 0.4) is 0 Å². The van der Waals surface area contributed by atoms with Gasteiger partial charge >= 0.3 is 0 Å². The minimum atomic E-state index is -0.993. The minimum Gasteiger partial charge on any atom is -0.489 e. The first-order valence-corrected chi connectivity index (χ1v) is 6.04. The smallest absolute Gasteiger partial charge is 0.292 e. The minimum absolute atomic E-state index is 0.0472. The molecule has 0 aliphatic rings. The third-order valence-electron chi connectivity index (χ3n) is 2.82. The molecule has 1 N–H and O–H groups in total. The van der Waals surface area contributed by atoms with E-state index >= 15 is 0 Å². The summed E-state index contributed by atoms with van der Waals surface area (Å²) >= 11 is 0. The lowest BCUT2D eigenvalue weighted by Crippen LogP contribution is -2.00. The maximum atomic E-state index is 13.0. The van der Waals surface area contributed by atoms with Crippen molar-refractivity contribution >= 4 is 11.4 Å². The Morgan fingerprint density at radius 1 is 1.19 bits per heavy atom. The van der Waals surface area contributed by atoms with Crippen LogP contribution >= 0.6 is 0 Å². The van der Waals surface area contributed by atoms with Gasteiger partial charge in [-0.25, -0.2) is 8.78 Å². The molecule has 5 nitrogen and oxygen atoms in total. The third kappa shape index (κ3) is 3.44. The van der Waals surface area contributed by atoms with Gasteiger partial charge in [-0.2, -0.15) is 0 Å². The molecule has 0 saturated carbocycles. The van der Waals surface area contributed by atoms with Gasteiger partial charge in [0.25, 0.3) is 5.69 Å². The first kappa shape index (κ1) is 14.7. The Kier molecular flexibility index (Phi) is 4.32. The van der Waals surface area contributed by atoms with Gasteiger partial charge in [0.05, 0.1) is 4.92 Å². The first-order chi connectivity index (χ1) is 10.0. The van der Waals surface area contributed by atoms with Gasteiger partial charge in [0.15, 0.2) is 11.6 Å². The van der Waals surface area contributed by atoms with Gasteiger partial charge < -0.3 is 10.1 Å². The summed E-state index contributed by atoms with van der Waals surface area (Å²) in [6.45, 7) is 0.0811. The quantitative estimate of drug-likeness (QED) is 0.677. The Hall–Kier alpha value is -2.70. The van der Waals surface area contributed by atoms with Crippen LogP contribution in [0.25, 0.3) is 0 Å². The highest BCUT2D eigenvalue weighted by molar-refractivity contribution is 5.62. The SMILES string of the molecule is CNc1cc(COc2ccc(F)c(F)c2)ccc1[N+](=O)[O-]. The second-order valence-electron chi connectivity index (χ2n) is 4.22. The molecular formula is C14H12F2N2O3. The van der Waals surface area contributed by atoms with Gasteiger partial charge in [-0.3, -0.25) is 10.1 Å². The largest absolute Gasteiger partial charge is 0.489 e. The van der Waals surface area contributed by atoms with E-state index in [0.717, 1.165) is 12.1 Å². The van der Waals surface area contributed by atoms with Gasteiger partial charge in [0.1, 0.15) is 18.0 Å². The first-order valence-electron chi connectivity index (χ1n) is 6.04. The predicted molar refractivity (Wildman–Crippen MR) is 73.3 cm³/mol. The average molecular weight is 294 g/mol. The number of ether oxygens (including phenoxy) is 1. The summed E-state index contributed by atoms with van der Waals surface area (Å²) in [7, 11) is 1.57. The van der Waals surface area contributed by atoms with E-state index in [4.69, 9.17) is 4.74 Å². The molecule has 21 heavy (non-hydrogen) atoms. The van der Waals surface area contributed by atoms with E-state index in [1.54, 1.807) is 19.2 Å². The highest BCUT2D eigenvalue weighted by Crippen LogP contribution is 2.25. The van der Waals surface area contributed by atoms with Gasteiger partial charge in [-0.05, 0) is 29.8 Å². The summed E-state index contributed by atoms with van der Waals surface area (Å²) in [6.07, 6.45) is 0. The number of nitrogens with one attached hydrogen (secondary N) is 1. The molecule has 0 spiro atoms. The van der Waals surface area contributed by atoms with Crippen molar-refractivity contribution in [3.8, 4) is 5.75 Å². The number of hydrogen-bond donors (Lipinski definition) is 1. The molecule has 0 amide bonds. The molecule has 110 valence electrons. The Balaban J connectivity index is 2.13. The molecule has 0 unspecified atom stereocenters. The zero-order chi connectivity index (χ0) is 15.4. The van der Waals surface area contributed by atoms with Gasteiger partial charge in [-0.1, -0.05) is 0 Å². The van der Waals surface area contributed by atoms with Crippen molar-refractivity contribution < 1.29 is 18.4 Å². The molecule has 2 aromatic carbocycles. The molecule has 0 bridgehead atoms. The number of anilines is 1. The molecule has 0 fully saturated rings. The van der Waals surface area contributed by atoms with E-state index in [1.165, 1.54) is 12.1 Å². The molecule has 2 rings (SSSR count). The number of hydrogen-bond acceptors (Lipinski definition) is 4. The molecule has 7 heteroatoms. The van der Waals surface area contributed by atoms with Crippen LogP contribution in [0.5, 0.6) is 5.75 Å². The number of halogens is 2. The monoisotopic (exact) mass is 294 g/mol. The maximum absolute atomic E-state index is 13.0. The summed E-state index contributed by atoms with van der Waals surface area (Å²) in [6, 6.07) is 7.69. The van der Waals surface area contributed by atoms with Crippen LogP contribution in [-0.2, 0) is 6.61 Å². The number of rotatable bonds is 5. The molecule has 0 aliphatic heterocycles. The normalized spacial score (nSPS) is 10.2. The van der Waals surface area contributed by atoms with Gasteiger partial charge in [0.2, 0.25) is 0 Å². The van der Waals surface area contributed by atoms with Crippen molar-refractivity contribution in [3.63, 3.8) is 0 Å². The molecule has 0 aliphatic carbocycles. The average Bonchev–Trinajstić information content (AvgIpc) is 2.48. The lowest BCUT2D eigenvalue weighted by molar-refractivity contribution is -0.384. The van der Waals surface area contributed by atoms with E-state index in [-0.39, 0.29) is 18.0 Å². The zero-order valence-corrected chi connectivity index (χ0v) is 11.1. The van der Waals surface area contributed by atoms with Crippen molar-refractivity contribution in [2.45, 2.75) is 6.61 Å². The van der Waals surface area contributed by atoms with Crippen molar-refractivity contribution in [1.82, 2.24) is 0 Å². The Morgan fingerprint density at radius 3 is 2.57 bits per heavy atom. The lowest BCUT2D eigenvalue weighted by atomic mass is 10.2. The Morgan fingerprint density at radius 2 is 1.95 bits per heavy atom. The molecule has 0 heterocycles. The second-order valence-corrected chi connectivity index (χ2v) is 4.22. The number of nitro groups is 1. The lowest BCUT2D eigenvalue weighted by Gasteiger charge is -2.08. The highest BCUT2D eigenvalue weighted by atomic mass is 19.2. The van der Waals surface area contributed by atoms with Crippen LogP contribution < -0.4 is 10.1 Å². The molecule has 0 saturated heterocycles. The van der Waals surface area contributed by atoms with E-state index in [2.05, 4.69) is 5.32 Å². The van der Waals surface area contributed by atoms with Crippen molar-refractivity contribution in [3.05, 3.63) is 63.7 Å². The fraction of sp³-hybridized carbons (Fsp3) is 0.143. The summed E-state index contributed by atoms with van der Waals surface area (Å²) in [4.78, 5) is 10.3. The van der Waals surface area contributed by atoms with Crippen molar-refractivity contribution in [1.29, 1.82) is 0 Å². The molecule has 0 atom stereocenters. The standard InChI is InChI=1S/C14H12F2N2O3/c1-17-13-6-9(2-5-14(13)18(19)20)8-21-10-3-4-11(15)12(16)7-10/h2-7,17H,8H2,1H3. The number of nitro benzene ring substituents is 1. The highest BCUT2D eigenvalue weighted by Gasteiger charge is 2.13. The fourth-order valence-corrected chi connectivity index (χ4v) is 1.77. The van der Waals surface area contributed by atoms with E-state index in [0.29, 0.717) is 11.3 Å².